The largest absolute Gasteiger partial charge is 0.0795 e. The van der Waals surface area contributed by atoms with Gasteiger partial charge in [-0.05, 0) is 138 Å². The lowest BCUT2D eigenvalue weighted by Crippen LogP contribution is -1.86. The molecular formula is C34H22. The first-order chi connectivity index (χ1) is 16.8. The van der Waals surface area contributed by atoms with Crippen LogP contribution in [0.1, 0.15) is 22.3 Å². The van der Waals surface area contributed by atoms with E-state index in [0.717, 1.165) is 12.8 Å². The van der Waals surface area contributed by atoms with E-state index in [1.807, 2.05) is 0 Å². The van der Waals surface area contributed by atoms with E-state index in [-0.39, 0.29) is 0 Å². The predicted octanol–water partition coefficient (Wildman–Crippen LogP) is 9.10. The molecule has 0 unspecified atom stereocenters. The van der Waals surface area contributed by atoms with Gasteiger partial charge in [0.05, 0.1) is 0 Å². The molecule has 2 aliphatic rings. The van der Waals surface area contributed by atoms with Gasteiger partial charge < -0.3 is 0 Å². The van der Waals surface area contributed by atoms with Gasteiger partial charge in [0.25, 0.3) is 0 Å². The summed E-state index contributed by atoms with van der Waals surface area (Å²) in [6.07, 6.45) is 11.1. The van der Waals surface area contributed by atoms with Crippen molar-refractivity contribution in [1.82, 2.24) is 0 Å². The van der Waals surface area contributed by atoms with E-state index >= 15 is 0 Å². The molecule has 0 spiro atoms. The highest BCUT2D eigenvalue weighted by molar-refractivity contribution is 6.03. The predicted molar refractivity (Wildman–Crippen MR) is 147 cm³/mol. The van der Waals surface area contributed by atoms with Crippen molar-refractivity contribution in [2.24, 2.45) is 0 Å². The molecule has 0 aliphatic heterocycles. The van der Waals surface area contributed by atoms with Gasteiger partial charge in [0, 0.05) is 0 Å². The van der Waals surface area contributed by atoms with Crippen molar-refractivity contribution in [1.29, 1.82) is 0 Å². The Morgan fingerprint density at radius 1 is 0.353 bits per heavy atom. The minimum atomic E-state index is 1.05. The normalized spacial score (nSPS) is 14.0. The Bertz CT molecular complexity index is 1900. The molecule has 8 rings (SSSR count). The number of hydrogen-bond acceptors (Lipinski definition) is 0. The van der Waals surface area contributed by atoms with Gasteiger partial charge in [0.15, 0.2) is 0 Å². The van der Waals surface area contributed by atoms with Crippen LogP contribution < -0.4 is 0 Å². The van der Waals surface area contributed by atoms with Gasteiger partial charge in [-0.3, -0.25) is 0 Å². The molecule has 2 aliphatic carbocycles. The molecule has 0 aromatic heterocycles. The second-order valence-corrected chi connectivity index (χ2v) is 9.84. The van der Waals surface area contributed by atoms with Crippen LogP contribution in [0, 0.1) is 0 Å². The molecule has 0 heterocycles. The number of benzene rings is 6. The van der Waals surface area contributed by atoms with Crippen LogP contribution >= 0.6 is 0 Å². The molecule has 0 N–H and O–H groups in total. The summed E-state index contributed by atoms with van der Waals surface area (Å²) in [6, 6.07) is 32.6. The van der Waals surface area contributed by atoms with Gasteiger partial charge in [0.1, 0.15) is 0 Å². The van der Waals surface area contributed by atoms with Crippen molar-refractivity contribution >= 4 is 55.2 Å². The highest BCUT2D eigenvalue weighted by atomic mass is 14.1. The number of hydrogen-bond donors (Lipinski definition) is 0. The molecule has 0 heteroatoms. The molecule has 34 heavy (non-hydrogen) atoms. The zero-order valence-electron chi connectivity index (χ0n) is 18.8. The van der Waals surface area contributed by atoms with Crippen molar-refractivity contribution in [3.8, 4) is 11.1 Å². The van der Waals surface area contributed by atoms with Crippen molar-refractivity contribution in [2.45, 2.75) is 12.8 Å². The molecule has 0 bridgehead atoms. The molecular weight excluding hydrogens is 408 g/mol. The maximum absolute atomic E-state index is 2.36. The summed E-state index contributed by atoms with van der Waals surface area (Å²) in [4.78, 5) is 0. The van der Waals surface area contributed by atoms with Gasteiger partial charge in [-0.25, -0.2) is 0 Å². The molecule has 0 nitrogen and oxygen atoms in total. The number of allylic oxidation sites excluding steroid dienone is 2. The Hall–Kier alpha value is -4.16. The summed E-state index contributed by atoms with van der Waals surface area (Å²) in [5.74, 6) is 0. The first-order valence-corrected chi connectivity index (χ1v) is 12.1. The highest BCUT2D eigenvalue weighted by Crippen LogP contribution is 2.34. The fraction of sp³-hybridized carbons (Fsp3) is 0.0588. The molecule has 0 atom stereocenters. The molecule has 0 saturated carbocycles. The molecule has 0 radical (unpaired) electrons. The lowest BCUT2D eigenvalue weighted by atomic mass is 9.94. The third kappa shape index (κ3) is 2.72. The van der Waals surface area contributed by atoms with E-state index in [1.165, 1.54) is 76.5 Å². The Morgan fingerprint density at radius 3 is 1.26 bits per heavy atom. The lowest BCUT2D eigenvalue weighted by molar-refractivity contribution is 1.32. The third-order valence-corrected chi connectivity index (χ3v) is 7.71. The number of rotatable bonds is 1. The van der Waals surface area contributed by atoms with Crippen LogP contribution in [0.15, 0.2) is 97.1 Å². The fourth-order valence-corrected chi connectivity index (χ4v) is 5.88. The first kappa shape index (κ1) is 18.3. The summed E-state index contributed by atoms with van der Waals surface area (Å²) < 4.78 is 0. The lowest BCUT2D eigenvalue weighted by Gasteiger charge is -2.10. The van der Waals surface area contributed by atoms with Gasteiger partial charge in [0.2, 0.25) is 0 Å². The van der Waals surface area contributed by atoms with E-state index in [1.54, 1.807) is 0 Å². The molecule has 6 aromatic carbocycles. The second kappa shape index (κ2) is 6.68. The van der Waals surface area contributed by atoms with Crippen LogP contribution in [-0.2, 0) is 12.8 Å². The quantitative estimate of drug-likeness (QED) is 0.228. The van der Waals surface area contributed by atoms with Gasteiger partial charge in [-0.1, -0.05) is 60.7 Å². The van der Waals surface area contributed by atoms with Crippen molar-refractivity contribution in [3.05, 3.63) is 119 Å². The van der Waals surface area contributed by atoms with Crippen molar-refractivity contribution in [2.75, 3.05) is 0 Å². The Labute approximate surface area is 198 Å². The van der Waals surface area contributed by atoms with E-state index < -0.39 is 0 Å². The maximum Gasteiger partial charge on any atom is -0.00880 e. The highest BCUT2D eigenvalue weighted by Gasteiger charge is 2.10. The second-order valence-electron chi connectivity index (χ2n) is 9.84. The third-order valence-electron chi connectivity index (χ3n) is 7.71. The summed E-state index contributed by atoms with van der Waals surface area (Å²) in [7, 11) is 0. The van der Waals surface area contributed by atoms with Crippen molar-refractivity contribution in [3.63, 3.8) is 0 Å². The van der Waals surface area contributed by atoms with Crippen LogP contribution in [0.5, 0.6) is 0 Å². The Balaban J connectivity index is 1.26. The summed E-state index contributed by atoms with van der Waals surface area (Å²) in [5.41, 5.74) is 8.15. The van der Waals surface area contributed by atoms with Crippen LogP contribution in [-0.4, -0.2) is 0 Å². The van der Waals surface area contributed by atoms with E-state index in [9.17, 15) is 0 Å². The standard InChI is InChI=1S/C34H22/c1-3-21-11-31-17-27-9-7-25(15-29(27)19-33(31)13-23(21)5-1)26-8-10-28-18-32-12-22-4-2-6-24(22)14-34(32)20-30(28)16-26/h1-3,6-20H,4-5H2. The van der Waals surface area contributed by atoms with E-state index in [2.05, 4.69) is 109 Å². The van der Waals surface area contributed by atoms with Gasteiger partial charge >= 0.3 is 0 Å². The zero-order valence-corrected chi connectivity index (χ0v) is 18.8. The fourth-order valence-electron chi connectivity index (χ4n) is 5.88. The average Bonchev–Trinajstić information content (AvgIpc) is 3.51. The van der Waals surface area contributed by atoms with Crippen LogP contribution in [0.2, 0.25) is 0 Å². The monoisotopic (exact) mass is 430 g/mol. The van der Waals surface area contributed by atoms with Crippen molar-refractivity contribution < 1.29 is 0 Å². The van der Waals surface area contributed by atoms with Gasteiger partial charge in [-0.15, -0.1) is 0 Å². The Kier molecular flexibility index (Phi) is 3.59. The minimum absolute atomic E-state index is 1.05. The smallest absolute Gasteiger partial charge is 0.00880 e. The van der Waals surface area contributed by atoms with E-state index in [0.29, 0.717) is 0 Å². The first-order valence-electron chi connectivity index (χ1n) is 12.1. The molecule has 6 aromatic rings. The van der Waals surface area contributed by atoms with Gasteiger partial charge in [-0.2, -0.15) is 0 Å². The Morgan fingerprint density at radius 2 is 0.765 bits per heavy atom. The minimum Gasteiger partial charge on any atom is -0.0795 e. The summed E-state index contributed by atoms with van der Waals surface area (Å²) in [5, 5.41) is 10.5. The number of fused-ring (bicyclic) bond motifs is 6. The topological polar surface area (TPSA) is 0 Å². The summed E-state index contributed by atoms with van der Waals surface area (Å²) in [6.45, 7) is 0. The molecule has 0 fully saturated rings. The van der Waals surface area contributed by atoms with Crippen LogP contribution in [0.25, 0.3) is 66.4 Å². The zero-order chi connectivity index (χ0) is 22.2. The summed E-state index contributed by atoms with van der Waals surface area (Å²) >= 11 is 0. The maximum atomic E-state index is 2.36. The molecule has 0 saturated heterocycles. The molecule has 0 amide bonds. The van der Waals surface area contributed by atoms with Crippen LogP contribution in [0.3, 0.4) is 0 Å². The van der Waals surface area contributed by atoms with E-state index in [4.69, 9.17) is 0 Å². The van der Waals surface area contributed by atoms with Crippen LogP contribution in [0.4, 0.5) is 0 Å². The SMILES string of the molecule is C1=Cc2cc3cc4cc(-c5ccc6cc7cc8c(cc7cc6c5)CC=C8)ccc4cc3cc2C1. The average molecular weight is 431 g/mol. The molecule has 158 valence electrons.